The summed E-state index contributed by atoms with van der Waals surface area (Å²) in [5.41, 5.74) is -0.951. The maximum Gasteiger partial charge on any atom is 0.315 e. The molecule has 2 aliphatic heterocycles. The lowest BCUT2D eigenvalue weighted by molar-refractivity contribution is 0.0690. The first kappa shape index (κ1) is 26.4. The van der Waals surface area contributed by atoms with Crippen molar-refractivity contribution in [1.82, 2.24) is 19.4 Å². The normalized spacial score (nSPS) is 17.9. The number of nitrogens with zero attached hydrogens (tertiary/aromatic N) is 4. The van der Waals surface area contributed by atoms with Crippen molar-refractivity contribution in [1.29, 1.82) is 0 Å². The largest absolute Gasteiger partial charge is 0.501 e. The highest BCUT2D eigenvalue weighted by atomic mass is 35.5. The van der Waals surface area contributed by atoms with Crippen LogP contribution in [0.3, 0.4) is 0 Å². The number of benzene rings is 2. The van der Waals surface area contributed by atoms with E-state index in [1.165, 1.54) is 9.47 Å². The van der Waals surface area contributed by atoms with E-state index in [2.05, 4.69) is 4.98 Å². The van der Waals surface area contributed by atoms with Crippen molar-refractivity contribution in [2.24, 2.45) is 0 Å². The molecule has 2 atom stereocenters. The summed E-state index contributed by atoms with van der Waals surface area (Å²) in [7, 11) is -1.31. The lowest BCUT2D eigenvalue weighted by atomic mass is 10.1. The summed E-state index contributed by atoms with van der Waals surface area (Å²) >= 11 is 12.6. The Bertz CT molecular complexity index is 1480. The van der Waals surface area contributed by atoms with Gasteiger partial charge in [0.25, 0.3) is 11.8 Å². The zero-order valence-corrected chi connectivity index (χ0v) is 22.5. The fourth-order valence-corrected chi connectivity index (χ4v) is 6.59. The molecule has 12 heteroatoms. The molecule has 38 heavy (non-hydrogen) atoms. The molecule has 3 aromatic rings. The molecule has 5 rings (SSSR count). The van der Waals surface area contributed by atoms with Gasteiger partial charge >= 0.3 is 5.56 Å². The van der Waals surface area contributed by atoms with E-state index in [-0.39, 0.29) is 52.5 Å². The second-order valence-electron chi connectivity index (χ2n) is 9.03. The molecule has 198 valence electrons. The van der Waals surface area contributed by atoms with Gasteiger partial charge in [-0.25, -0.2) is 0 Å². The van der Waals surface area contributed by atoms with Crippen molar-refractivity contribution in [2.45, 2.75) is 30.3 Å². The number of likely N-dealkylation sites (tertiary alicyclic amines) is 1. The lowest BCUT2D eigenvalue weighted by Crippen LogP contribution is -2.45. The van der Waals surface area contributed by atoms with E-state index in [1.807, 2.05) is 6.07 Å². The number of hydrogen-bond donors (Lipinski definition) is 1. The van der Waals surface area contributed by atoms with E-state index < -0.39 is 40.0 Å². The Morgan fingerprint density at radius 2 is 1.74 bits per heavy atom. The van der Waals surface area contributed by atoms with E-state index in [9.17, 15) is 23.7 Å². The molecule has 2 amide bonds. The van der Waals surface area contributed by atoms with Crippen LogP contribution in [-0.4, -0.2) is 65.9 Å². The number of hydrogen-bond acceptors (Lipinski definition) is 6. The second kappa shape index (κ2) is 10.9. The fraction of sp³-hybridized carbons (Fsp3) is 0.308. The van der Waals surface area contributed by atoms with Crippen LogP contribution in [0.4, 0.5) is 0 Å². The van der Waals surface area contributed by atoms with Gasteiger partial charge in [0.2, 0.25) is 5.75 Å². The Hall–Kier alpha value is -3.21. The van der Waals surface area contributed by atoms with Crippen LogP contribution in [0.1, 0.15) is 45.6 Å². The zero-order valence-electron chi connectivity index (χ0n) is 20.2. The van der Waals surface area contributed by atoms with E-state index in [4.69, 9.17) is 23.2 Å². The topological polar surface area (TPSA) is 113 Å². The number of carbonyl (C=O) groups excluding carboxylic acids is 2. The quantitative estimate of drug-likeness (QED) is 0.482. The Balaban J connectivity index is 1.43. The third-order valence-electron chi connectivity index (χ3n) is 6.81. The average molecular weight is 575 g/mol. The number of carbonyl (C=O) groups is 2. The van der Waals surface area contributed by atoms with E-state index in [0.29, 0.717) is 24.3 Å². The van der Waals surface area contributed by atoms with Crippen LogP contribution >= 0.6 is 23.2 Å². The van der Waals surface area contributed by atoms with Gasteiger partial charge < -0.3 is 19.5 Å². The molecule has 1 fully saturated rings. The molecule has 0 spiro atoms. The first-order chi connectivity index (χ1) is 18.3. The predicted octanol–water partition coefficient (Wildman–Crippen LogP) is 3.50. The number of amides is 2. The maximum absolute atomic E-state index is 13.5. The lowest BCUT2D eigenvalue weighted by Gasteiger charge is -2.34. The highest BCUT2D eigenvalue weighted by Crippen LogP contribution is 2.36. The minimum absolute atomic E-state index is 0.163. The summed E-state index contributed by atoms with van der Waals surface area (Å²) in [4.78, 5) is 47.3. The molecule has 0 radical (unpaired) electrons. The van der Waals surface area contributed by atoms with Crippen LogP contribution < -0.4 is 5.56 Å². The van der Waals surface area contributed by atoms with Crippen LogP contribution in [-0.2, 0) is 17.3 Å². The van der Waals surface area contributed by atoms with Gasteiger partial charge in [0, 0.05) is 36.8 Å². The number of fused-ring (bicyclic) bond motifs is 1. The molecule has 2 aliphatic rings. The predicted molar refractivity (Wildman–Crippen MR) is 143 cm³/mol. The monoisotopic (exact) mass is 574 g/mol. The van der Waals surface area contributed by atoms with Gasteiger partial charge in [0.05, 0.1) is 32.5 Å². The first-order valence-corrected chi connectivity index (χ1v) is 14.2. The Labute approximate surface area is 231 Å². The third kappa shape index (κ3) is 4.83. The molecule has 1 aromatic heterocycles. The number of aromatic nitrogens is 2. The van der Waals surface area contributed by atoms with Crippen molar-refractivity contribution < 1.29 is 18.9 Å². The average Bonchev–Trinajstić information content (AvgIpc) is 3.40. The molecule has 2 aromatic carbocycles. The summed E-state index contributed by atoms with van der Waals surface area (Å²) < 4.78 is 14.2. The maximum atomic E-state index is 13.5. The molecule has 9 nitrogen and oxygen atoms in total. The summed E-state index contributed by atoms with van der Waals surface area (Å²) in [6, 6.07) is 13.1. The van der Waals surface area contributed by atoms with Crippen molar-refractivity contribution >= 4 is 45.8 Å². The van der Waals surface area contributed by atoms with Gasteiger partial charge in [-0.15, -0.1) is 0 Å². The van der Waals surface area contributed by atoms with E-state index in [0.717, 1.165) is 0 Å². The van der Waals surface area contributed by atoms with Gasteiger partial charge in [-0.3, -0.25) is 18.6 Å². The smallest absolute Gasteiger partial charge is 0.315 e. The van der Waals surface area contributed by atoms with Crippen molar-refractivity contribution in [3.05, 3.63) is 86.0 Å². The Kier molecular flexibility index (Phi) is 7.56. The van der Waals surface area contributed by atoms with Crippen molar-refractivity contribution in [3.63, 3.8) is 0 Å². The number of rotatable bonds is 6. The summed E-state index contributed by atoms with van der Waals surface area (Å²) in [5, 5.41) is 11.0. The third-order valence-corrected chi connectivity index (χ3v) is 8.80. The van der Waals surface area contributed by atoms with Gasteiger partial charge in [0.1, 0.15) is 5.82 Å². The first-order valence-electron chi connectivity index (χ1n) is 12.1. The van der Waals surface area contributed by atoms with Crippen LogP contribution in [0.2, 0.25) is 10.0 Å². The van der Waals surface area contributed by atoms with Crippen LogP contribution in [0, 0.1) is 0 Å². The summed E-state index contributed by atoms with van der Waals surface area (Å²) in [6.07, 6.45) is 1.16. The second-order valence-corrected chi connectivity index (χ2v) is 11.4. The molecule has 0 saturated carbocycles. The summed E-state index contributed by atoms with van der Waals surface area (Å²) in [6.45, 7) is 1.10. The van der Waals surface area contributed by atoms with Gasteiger partial charge in [-0.2, -0.15) is 4.98 Å². The minimum Gasteiger partial charge on any atom is -0.501 e. The number of halogens is 2. The van der Waals surface area contributed by atoms with Gasteiger partial charge in [-0.05, 0) is 37.1 Å². The molecule has 1 saturated heterocycles. The molecule has 3 heterocycles. The molecule has 1 N–H and O–H groups in total. The highest BCUT2D eigenvalue weighted by Gasteiger charge is 2.39. The van der Waals surface area contributed by atoms with Crippen LogP contribution in [0.15, 0.2) is 58.2 Å². The fourth-order valence-electron chi connectivity index (χ4n) is 4.95. The molecule has 2 unspecified atom stereocenters. The molecule has 0 aliphatic carbocycles. The SMILES string of the molecule is O=C1c2c(O)c(=O)nc(C3CCCN3C(=O)c3c(Cl)cccc3Cl)n2CCN1CCS(=O)c1ccccc1. The van der Waals surface area contributed by atoms with Crippen molar-refractivity contribution in [2.75, 3.05) is 25.4 Å². The molecular weight excluding hydrogens is 551 g/mol. The number of aromatic hydroxyl groups is 1. The minimum atomic E-state index is -1.31. The standard InChI is InChI=1S/C26H24Cl2N4O5S/c27-17-8-4-9-18(28)20(17)25(35)31-11-5-10-19(31)23-29-24(34)22(33)21-26(36)30(12-13-32(21)23)14-15-38(37)16-6-2-1-3-7-16/h1-4,6-9,19,33H,5,10-15H2. The van der Waals surface area contributed by atoms with Crippen LogP contribution in [0.25, 0.3) is 0 Å². The highest BCUT2D eigenvalue weighted by molar-refractivity contribution is 7.85. The van der Waals surface area contributed by atoms with Gasteiger partial charge in [0.15, 0.2) is 5.69 Å². The van der Waals surface area contributed by atoms with Crippen LogP contribution in [0.5, 0.6) is 5.75 Å². The van der Waals surface area contributed by atoms with Crippen molar-refractivity contribution in [3.8, 4) is 5.75 Å². The Morgan fingerprint density at radius 3 is 2.45 bits per heavy atom. The van der Waals surface area contributed by atoms with E-state index >= 15 is 0 Å². The zero-order chi connectivity index (χ0) is 27.0. The molecular formula is C26H24Cl2N4O5S. The summed E-state index contributed by atoms with van der Waals surface area (Å²) in [5.74, 6) is -1.24. The van der Waals surface area contributed by atoms with Gasteiger partial charge in [-0.1, -0.05) is 47.5 Å². The molecule has 0 bridgehead atoms. The Morgan fingerprint density at radius 1 is 1.03 bits per heavy atom. The van der Waals surface area contributed by atoms with E-state index in [1.54, 1.807) is 47.4 Å².